The van der Waals surface area contributed by atoms with Crippen LogP contribution in [0, 0.1) is 19.7 Å². The summed E-state index contributed by atoms with van der Waals surface area (Å²) in [4.78, 5) is 11.6. The number of benzene rings is 2. The molecule has 3 N–H and O–H groups in total. The van der Waals surface area contributed by atoms with Gasteiger partial charge in [-0.2, -0.15) is 0 Å². The maximum Gasteiger partial charge on any atom is 0.303 e. The minimum Gasteiger partial charge on any atom is -0.506 e. The fourth-order valence-corrected chi connectivity index (χ4v) is 7.19. The Labute approximate surface area is 225 Å². The maximum atomic E-state index is 11.6. The predicted molar refractivity (Wildman–Crippen MR) is 149 cm³/mol. The largest absolute Gasteiger partial charge is 0.506 e. The molecule has 0 fully saturated rings. The number of phenols is 2. The second kappa shape index (κ2) is 9.92. The van der Waals surface area contributed by atoms with Gasteiger partial charge in [0.2, 0.25) is 0 Å². The van der Waals surface area contributed by atoms with Crippen molar-refractivity contribution >= 4 is 96.3 Å². The highest BCUT2D eigenvalue weighted by molar-refractivity contribution is 14.1. The molecule has 0 heterocycles. The van der Waals surface area contributed by atoms with Gasteiger partial charge in [0, 0.05) is 11.8 Å². The average molecular weight is 846 g/mol. The fraction of sp³-hybridized carbons (Fsp3) is 0.381. The van der Waals surface area contributed by atoms with Crippen LogP contribution in [0.5, 0.6) is 11.5 Å². The molecule has 0 bridgehead atoms. The Bertz CT molecular complexity index is 831. The number of carboxylic acid groups (broad SMARTS) is 1. The zero-order valence-corrected chi connectivity index (χ0v) is 24.8. The number of carboxylic acids is 1. The van der Waals surface area contributed by atoms with Gasteiger partial charge in [-0.15, -0.1) is 0 Å². The van der Waals surface area contributed by atoms with Crippen LogP contribution in [-0.2, 0) is 10.2 Å². The van der Waals surface area contributed by atoms with Crippen LogP contribution in [0.1, 0.15) is 51.2 Å². The van der Waals surface area contributed by atoms with Gasteiger partial charge in [0.25, 0.3) is 0 Å². The van der Waals surface area contributed by atoms with E-state index in [-0.39, 0.29) is 23.3 Å². The molecule has 2 rings (SSSR count). The van der Waals surface area contributed by atoms with E-state index in [1.165, 1.54) is 0 Å². The molecule has 0 unspecified atom stereocenters. The molecule has 2 aromatic carbocycles. The van der Waals surface area contributed by atoms with Crippen LogP contribution in [0.3, 0.4) is 0 Å². The van der Waals surface area contributed by atoms with Crippen LogP contribution in [0.2, 0.25) is 0 Å². The highest BCUT2D eigenvalue weighted by Gasteiger charge is 2.39. The van der Waals surface area contributed by atoms with Crippen LogP contribution >= 0.6 is 90.4 Å². The number of carbonyl (C=O) groups is 1. The smallest absolute Gasteiger partial charge is 0.303 e. The van der Waals surface area contributed by atoms with Crippen molar-refractivity contribution in [2.75, 3.05) is 0 Å². The molecule has 0 atom stereocenters. The summed E-state index contributed by atoms with van der Waals surface area (Å²) in [6, 6.07) is 7.83. The normalized spacial score (nSPS) is 12.2. The highest BCUT2D eigenvalue weighted by atomic mass is 127. The van der Waals surface area contributed by atoms with Crippen molar-refractivity contribution in [1.82, 2.24) is 0 Å². The molecule has 0 amide bonds. The number of aliphatic carboxylic acids is 1. The van der Waals surface area contributed by atoms with E-state index in [4.69, 9.17) is 0 Å². The number of phenolic OH excluding ortho intramolecular Hbond substituents is 2. The van der Waals surface area contributed by atoms with Crippen molar-refractivity contribution in [2.24, 2.45) is 5.41 Å². The molecule has 4 nitrogen and oxygen atoms in total. The molecule has 0 spiro atoms. The summed E-state index contributed by atoms with van der Waals surface area (Å²) in [5, 5.41) is 30.1. The van der Waals surface area contributed by atoms with Crippen LogP contribution in [0.4, 0.5) is 0 Å². The quantitative estimate of drug-likeness (QED) is 0.272. The van der Waals surface area contributed by atoms with E-state index >= 15 is 0 Å². The number of halogens is 4. The lowest BCUT2D eigenvalue weighted by atomic mass is 9.63. The molecular formula is C21H22I4O4. The molecule has 0 aromatic heterocycles. The summed E-state index contributed by atoms with van der Waals surface area (Å²) < 4.78 is 2.95. The Balaban J connectivity index is 2.88. The van der Waals surface area contributed by atoms with Gasteiger partial charge >= 0.3 is 5.97 Å². The van der Waals surface area contributed by atoms with Crippen LogP contribution < -0.4 is 0 Å². The Hall–Kier alpha value is 0.430. The summed E-state index contributed by atoms with van der Waals surface area (Å²) in [5.41, 5.74) is 1.31. The standard InChI is InChI=1S/C21H22I4O4/c1-20(2,3)10-21(5-4-17(26)27,11-6-13(22)18(28)14(23)7-11)12-8-15(24)19(29)16(25)9-12/h6-9,28-29H,4-5,10H2,1-3H3,(H,26,27). The van der Waals surface area contributed by atoms with E-state index in [1.54, 1.807) is 0 Å². The SMILES string of the molecule is CC(C)(C)CC(CCC(=O)O)(c1cc(I)c(O)c(I)c1)c1cc(I)c(O)c(I)c1. The van der Waals surface area contributed by atoms with Crippen LogP contribution in [-0.4, -0.2) is 21.3 Å². The van der Waals surface area contributed by atoms with Crippen molar-refractivity contribution in [3.8, 4) is 11.5 Å². The molecule has 2 aromatic rings. The molecule has 0 radical (unpaired) electrons. The van der Waals surface area contributed by atoms with E-state index in [1.807, 2.05) is 24.3 Å². The van der Waals surface area contributed by atoms with E-state index in [0.717, 1.165) is 31.8 Å². The van der Waals surface area contributed by atoms with Gasteiger partial charge < -0.3 is 15.3 Å². The Morgan fingerprint density at radius 3 is 1.45 bits per heavy atom. The van der Waals surface area contributed by atoms with Gasteiger partial charge in [0.1, 0.15) is 11.5 Å². The Kier molecular flexibility index (Phi) is 8.79. The summed E-state index contributed by atoms with van der Waals surface area (Å²) in [5.74, 6) is -0.352. The summed E-state index contributed by atoms with van der Waals surface area (Å²) in [7, 11) is 0. The molecule has 158 valence electrons. The first-order chi connectivity index (χ1) is 13.3. The van der Waals surface area contributed by atoms with Crippen molar-refractivity contribution in [1.29, 1.82) is 0 Å². The minimum absolute atomic E-state index is 0.0259. The molecule has 29 heavy (non-hydrogen) atoms. The summed E-state index contributed by atoms with van der Waals surface area (Å²) in [6.07, 6.45) is 1.17. The predicted octanol–water partition coefficient (Wildman–Crippen LogP) is 7.10. The third-order valence-corrected chi connectivity index (χ3v) is 8.03. The topological polar surface area (TPSA) is 77.8 Å². The summed E-state index contributed by atoms with van der Waals surface area (Å²) >= 11 is 8.47. The summed E-state index contributed by atoms with van der Waals surface area (Å²) in [6.45, 7) is 6.44. The first-order valence-electron chi connectivity index (χ1n) is 8.85. The van der Waals surface area contributed by atoms with E-state index in [0.29, 0.717) is 6.42 Å². The van der Waals surface area contributed by atoms with Gasteiger partial charge in [0.05, 0.1) is 14.3 Å². The second-order valence-corrected chi connectivity index (χ2v) is 12.9. The highest BCUT2D eigenvalue weighted by Crippen LogP contribution is 2.48. The second-order valence-electron chi connectivity index (χ2n) is 8.29. The molecular weight excluding hydrogens is 824 g/mol. The first kappa shape index (κ1) is 25.7. The maximum absolute atomic E-state index is 11.6. The van der Waals surface area contributed by atoms with Crippen molar-refractivity contribution in [3.63, 3.8) is 0 Å². The van der Waals surface area contributed by atoms with Crippen LogP contribution in [0.25, 0.3) is 0 Å². The molecule has 0 saturated carbocycles. The first-order valence-corrected chi connectivity index (χ1v) is 13.2. The lowest BCUT2D eigenvalue weighted by Crippen LogP contribution is -2.34. The third kappa shape index (κ3) is 6.24. The van der Waals surface area contributed by atoms with Crippen LogP contribution in [0.15, 0.2) is 24.3 Å². The van der Waals surface area contributed by atoms with Gasteiger partial charge in [-0.25, -0.2) is 0 Å². The molecule has 0 aliphatic heterocycles. The Morgan fingerprint density at radius 1 is 0.828 bits per heavy atom. The van der Waals surface area contributed by atoms with Crippen molar-refractivity contribution < 1.29 is 20.1 Å². The number of rotatable bonds is 6. The molecule has 0 aliphatic rings. The number of hydrogen-bond donors (Lipinski definition) is 3. The van der Waals surface area contributed by atoms with Gasteiger partial charge in [-0.1, -0.05) is 20.8 Å². The third-order valence-electron chi connectivity index (χ3n) is 4.74. The number of hydrogen-bond acceptors (Lipinski definition) is 3. The van der Waals surface area contributed by atoms with Gasteiger partial charge in [-0.3, -0.25) is 4.79 Å². The van der Waals surface area contributed by atoms with Crippen molar-refractivity contribution in [3.05, 3.63) is 49.7 Å². The zero-order chi connectivity index (χ0) is 22.1. The monoisotopic (exact) mass is 846 g/mol. The average Bonchev–Trinajstić information content (AvgIpc) is 2.59. The van der Waals surface area contributed by atoms with Gasteiger partial charge in [-0.05, 0) is 144 Å². The minimum atomic E-state index is -0.838. The molecule has 0 saturated heterocycles. The molecule has 0 aliphatic carbocycles. The van der Waals surface area contributed by atoms with E-state index in [2.05, 4.69) is 111 Å². The van der Waals surface area contributed by atoms with Gasteiger partial charge in [0.15, 0.2) is 0 Å². The molecule has 8 heteroatoms. The van der Waals surface area contributed by atoms with E-state index in [9.17, 15) is 20.1 Å². The lowest BCUT2D eigenvalue weighted by Gasteiger charge is -2.40. The zero-order valence-electron chi connectivity index (χ0n) is 16.2. The lowest BCUT2D eigenvalue weighted by molar-refractivity contribution is -0.137. The van der Waals surface area contributed by atoms with E-state index < -0.39 is 11.4 Å². The fourth-order valence-electron chi connectivity index (χ4n) is 3.66. The Morgan fingerprint density at radius 2 is 1.17 bits per heavy atom. The van der Waals surface area contributed by atoms with Crippen molar-refractivity contribution in [2.45, 2.75) is 45.4 Å². The number of aromatic hydroxyl groups is 2.